The van der Waals surface area contributed by atoms with Crippen molar-refractivity contribution in [3.05, 3.63) is 53.9 Å². The van der Waals surface area contributed by atoms with E-state index >= 15 is 0 Å². The van der Waals surface area contributed by atoms with Crippen LogP contribution in [-0.4, -0.2) is 53.9 Å². The molecule has 2 aromatic heterocycles. The number of anilines is 2. The first-order valence-electron chi connectivity index (χ1n) is 9.43. The highest BCUT2D eigenvalue weighted by molar-refractivity contribution is 6.13. The second-order valence-corrected chi connectivity index (χ2v) is 6.88. The van der Waals surface area contributed by atoms with Crippen LogP contribution >= 0.6 is 0 Å². The maximum absolute atomic E-state index is 8.78. The molecule has 150 valence electrons. The SMILES string of the molecule is COc1ccc(-c2ccc(N)c(C(=N)c3cc(N4CCOCC4)nn3C)c2)cn1. The van der Waals surface area contributed by atoms with Crippen molar-refractivity contribution in [1.29, 1.82) is 5.41 Å². The van der Waals surface area contributed by atoms with Crippen LogP contribution in [-0.2, 0) is 11.8 Å². The fourth-order valence-electron chi connectivity index (χ4n) is 3.40. The highest BCUT2D eigenvalue weighted by Crippen LogP contribution is 2.27. The molecule has 3 aromatic rings. The first-order chi connectivity index (χ1) is 14.1. The Morgan fingerprint density at radius 3 is 2.59 bits per heavy atom. The molecule has 8 nitrogen and oxygen atoms in total. The lowest BCUT2D eigenvalue weighted by molar-refractivity contribution is 0.122. The van der Waals surface area contributed by atoms with Crippen LogP contribution in [0.5, 0.6) is 5.88 Å². The van der Waals surface area contributed by atoms with Crippen molar-refractivity contribution in [2.45, 2.75) is 0 Å². The lowest BCUT2D eigenvalue weighted by Crippen LogP contribution is -2.36. The zero-order chi connectivity index (χ0) is 20.4. The van der Waals surface area contributed by atoms with Gasteiger partial charge >= 0.3 is 0 Å². The Morgan fingerprint density at radius 2 is 1.90 bits per heavy atom. The van der Waals surface area contributed by atoms with Gasteiger partial charge < -0.3 is 20.1 Å². The Labute approximate surface area is 169 Å². The molecule has 3 heterocycles. The third-order valence-electron chi connectivity index (χ3n) is 5.06. The minimum atomic E-state index is 0.334. The molecule has 29 heavy (non-hydrogen) atoms. The number of aromatic nitrogens is 3. The van der Waals surface area contributed by atoms with Gasteiger partial charge in [0.05, 0.1) is 31.7 Å². The van der Waals surface area contributed by atoms with E-state index in [1.54, 1.807) is 18.0 Å². The number of benzene rings is 1. The molecule has 3 N–H and O–H groups in total. The van der Waals surface area contributed by atoms with Gasteiger partial charge in [-0.3, -0.25) is 10.1 Å². The highest BCUT2D eigenvalue weighted by Gasteiger charge is 2.19. The zero-order valence-electron chi connectivity index (χ0n) is 16.6. The number of hydrogen-bond donors (Lipinski definition) is 2. The molecule has 0 unspecified atom stereocenters. The summed E-state index contributed by atoms with van der Waals surface area (Å²) in [6, 6.07) is 11.4. The molecule has 0 radical (unpaired) electrons. The Balaban J connectivity index is 1.65. The summed E-state index contributed by atoms with van der Waals surface area (Å²) in [6.45, 7) is 2.97. The number of nitrogens with zero attached hydrogens (tertiary/aromatic N) is 4. The third-order valence-corrected chi connectivity index (χ3v) is 5.06. The average molecular weight is 392 g/mol. The predicted octanol–water partition coefficient (Wildman–Crippen LogP) is 2.33. The summed E-state index contributed by atoms with van der Waals surface area (Å²) < 4.78 is 12.3. The second kappa shape index (κ2) is 7.92. The summed E-state index contributed by atoms with van der Waals surface area (Å²) in [5.41, 5.74) is 10.3. The predicted molar refractivity (Wildman–Crippen MR) is 113 cm³/mol. The van der Waals surface area contributed by atoms with Crippen molar-refractivity contribution < 1.29 is 9.47 Å². The minimum absolute atomic E-state index is 0.334. The van der Waals surface area contributed by atoms with Crippen molar-refractivity contribution in [3.8, 4) is 17.0 Å². The van der Waals surface area contributed by atoms with Crippen LogP contribution in [0.2, 0.25) is 0 Å². The maximum atomic E-state index is 8.78. The van der Waals surface area contributed by atoms with Crippen LogP contribution < -0.4 is 15.4 Å². The van der Waals surface area contributed by atoms with Gasteiger partial charge in [0.25, 0.3) is 0 Å². The fourth-order valence-corrected chi connectivity index (χ4v) is 3.40. The van der Waals surface area contributed by atoms with E-state index in [1.807, 2.05) is 43.4 Å². The van der Waals surface area contributed by atoms with E-state index in [0.717, 1.165) is 30.0 Å². The Kier molecular flexibility index (Phi) is 5.18. The molecule has 0 bridgehead atoms. The molecule has 8 heteroatoms. The average Bonchev–Trinajstić information content (AvgIpc) is 3.16. The normalized spacial score (nSPS) is 14.1. The van der Waals surface area contributed by atoms with Crippen molar-refractivity contribution in [2.24, 2.45) is 7.05 Å². The molecule has 1 saturated heterocycles. The molecular formula is C21H24N6O2. The van der Waals surface area contributed by atoms with E-state index in [-0.39, 0.29) is 0 Å². The smallest absolute Gasteiger partial charge is 0.212 e. The quantitative estimate of drug-likeness (QED) is 0.510. The number of pyridine rings is 1. The number of rotatable bonds is 5. The molecule has 1 aliphatic heterocycles. The summed E-state index contributed by atoms with van der Waals surface area (Å²) >= 11 is 0. The molecule has 0 amide bonds. The van der Waals surface area contributed by atoms with Crippen molar-refractivity contribution in [2.75, 3.05) is 44.0 Å². The third kappa shape index (κ3) is 3.79. The van der Waals surface area contributed by atoms with Crippen LogP contribution in [0.25, 0.3) is 11.1 Å². The van der Waals surface area contributed by atoms with Crippen molar-refractivity contribution in [3.63, 3.8) is 0 Å². The number of aryl methyl sites for hydroxylation is 1. The molecular weight excluding hydrogens is 368 g/mol. The topological polar surface area (TPSA) is 102 Å². The van der Waals surface area contributed by atoms with Gasteiger partial charge in [-0.1, -0.05) is 6.07 Å². The first kappa shape index (κ1) is 18.9. The highest BCUT2D eigenvalue weighted by atomic mass is 16.5. The molecule has 1 aromatic carbocycles. The van der Waals surface area contributed by atoms with Gasteiger partial charge in [-0.2, -0.15) is 5.10 Å². The Bertz CT molecular complexity index is 1020. The Hall–Kier alpha value is -3.39. The van der Waals surface area contributed by atoms with Crippen LogP contribution in [0.1, 0.15) is 11.3 Å². The maximum Gasteiger partial charge on any atom is 0.212 e. The molecule has 4 rings (SSSR count). The summed E-state index contributed by atoms with van der Waals surface area (Å²) in [7, 11) is 3.44. The van der Waals surface area contributed by atoms with Gasteiger partial charge in [0, 0.05) is 55.3 Å². The molecule has 1 aliphatic rings. The van der Waals surface area contributed by atoms with Crippen molar-refractivity contribution in [1.82, 2.24) is 14.8 Å². The monoisotopic (exact) mass is 392 g/mol. The lowest BCUT2D eigenvalue weighted by atomic mass is 9.99. The number of nitrogens with two attached hydrogens (primary N) is 1. The largest absolute Gasteiger partial charge is 0.481 e. The van der Waals surface area contributed by atoms with Crippen molar-refractivity contribution >= 4 is 17.2 Å². The Morgan fingerprint density at radius 1 is 1.14 bits per heavy atom. The van der Waals surface area contributed by atoms with E-state index in [4.69, 9.17) is 20.6 Å². The van der Waals surface area contributed by atoms with Gasteiger partial charge in [0.15, 0.2) is 5.82 Å². The number of hydrogen-bond acceptors (Lipinski definition) is 7. The fraction of sp³-hybridized carbons (Fsp3) is 0.286. The van der Waals surface area contributed by atoms with E-state index < -0.39 is 0 Å². The van der Waals surface area contributed by atoms with Crippen LogP contribution in [0.15, 0.2) is 42.6 Å². The van der Waals surface area contributed by atoms with Crippen LogP contribution in [0, 0.1) is 5.41 Å². The lowest BCUT2D eigenvalue weighted by Gasteiger charge is -2.26. The second-order valence-electron chi connectivity index (χ2n) is 6.88. The molecule has 0 atom stereocenters. The van der Waals surface area contributed by atoms with E-state index in [2.05, 4.69) is 15.0 Å². The van der Waals surface area contributed by atoms with Gasteiger partial charge in [-0.25, -0.2) is 4.98 Å². The first-order valence-corrected chi connectivity index (χ1v) is 9.43. The number of ether oxygens (including phenoxy) is 2. The number of methoxy groups -OCH3 is 1. The van der Waals surface area contributed by atoms with E-state index in [9.17, 15) is 0 Å². The van der Waals surface area contributed by atoms with Gasteiger partial charge in [-0.05, 0) is 23.8 Å². The van der Waals surface area contributed by atoms with Crippen LogP contribution in [0.4, 0.5) is 11.5 Å². The van der Waals surface area contributed by atoms with Crippen LogP contribution in [0.3, 0.4) is 0 Å². The minimum Gasteiger partial charge on any atom is -0.481 e. The van der Waals surface area contributed by atoms with Gasteiger partial charge in [-0.15, -0.1) is 0 Å². The molecule has 0 spiro atoms. The number of morpholine rings is 1. The van der Waals surface area contributed by atoms with E-state index in [1.165, 1.54) is 0 Å². The summed E-state index contributed by atoms with van der Waals surface area (Å²) in [4.78, 5) is 6.43. The summed E-state index contributed by atoms with van der Waals surface area (Å²) in [6.07, 6.45) is 1.75. The standard InChI is InChI=1S/C21H24N6O2/c1-26-18(12-19(25-26)27-7-9-29-10-8-27)21(23)16-11-14(3-5-17(16)22)15-4-6-20(28-2)24-13-15/h3-6,11-13,23H,7-10,22H2,1-2H3. The molecule has 0 aliphatic carbocycles. The molecule has 1 fully saturated rings. The molecule has 0 saturated carbocycles. The van der Waals surface area contributed by atoms with E-state index in [0.29, 0.717) is 41.8 Å². The summed E-state index contributed by atoms with van der Waals surface area (Å²) in [5, 5.41) is 13.4. The number of nitrogen functional groups attached to an aromatic ring is 1. The zero-order valence-corrected chi connectivity index (χ0v) is 16.6. The van der Waals surface area contributed by atoms with Gasteiger partial charge in [0.1, 0.15) is 0 Å². The summed E-state index contributed by atoms with van der Waals surface area (Å²) in [5.74, 6) is 1.41. The van der Waals surface area contributed by atoms with Gasteiger partial charge in [0.2, 0.25) is 5.88 Å². The number of nitrogens with one attached hydrogen (secondary N) is 1.